The second kappa shape index (κ2) is 5.73. The number of halogens is 2. The van der Waals surface area contributed by atoms with Crippen LogP contribution in [0.5, 0.6) is 0 Å². The molecule has 1 aromatic carbocycles. The highest BCUT2D eigenvalue weighted by atomic mass is 19.2. The molecule has 0 spiro atoms. The number of hydrogen-bond donors (Lipinski definition) is 1. The Morgan fingerprint density at radius 3 is 2.58 bits per heavy atom. The van der Waals surface area contributed by atoms with Crippen LogP contribution in [0.1, 0.15) is 19.0 Å². The lowest BCUT2D eigenvalue weighted by Crippen LogP contribution is -2.04. The summed E-state index contributed by atoms with van der Waals surface area (Å²) >= 11 is 0. The van der Waals surface area contributed by atoms with Crippen molar-refractivity contribution in [3.8, 4) is 11.4 Å². The molecule has 3 nitrogen and oxygen atoms in total. The van der Waals surface area contributed by atoms with E-state index in [9.17, 15) is 8.78 Å². The van der Waals surface area contributed by atoms with Crippen LogP contribution in [0, 0.1) is 18.6 Å². The van der Waals surface area contributed by atoms with Crippen LogP contribution in [0.25, 0.3) is 11.4 Å². The standard InChI is InChI=1S/C14H15F2N3/c1-3-6-17-13-7-9(2)18-14(19-13)10-4-5-11(15)12(16)8-10/h4-5,7-8H,3,6H2,1-2H3,(H,17,18,19). The topological polar surface area (TPSA) is 37.8 Å². The molecule has 1 N–H and O–H groups in total. The Hall–Kier alpha value is -2.04. The normalized spacial score (nSPS) is 10.5. The van der Waals surface area contributed by atoms with Gasteiger partial charge in [0, 0.05) is 23.9 Å². The third-order valence-corrected chi connectivity index (χ3v) is 2.59. The highest BCUT2D eigenvalue weighted by molar-refractivity contribution is 5.57. The predicted octanol–water partition coefficient (Wildman–Crippen LogP) is 3.55. The maximum atomic E-state index is 13.2. The molecular formula is C14H15F2N3. The molecule has 0 bridgehead atoms. The Morgan fingerprint density at radius 2 is 1.89 bits per heavy atom. The zero-order chi connectivity index (χ0) is 13.8. The van der Waals surface area contributed by atoms with Crippen molar-refractivity contribution >= 4 is 5.82 Å². The van der Waals surface area contributed by atoms with Gasteiger partial charge in [-0.05, 0) is 31.5 Å². The van der Waals surface area contributed by atoms with E-state index >= 15 is 0 Å². The lowest BCUT2D eigenvalue weighted by molar-refractivity contribution is 0.509. The number of nitrogens with one attached hydrogen (secondary N) is 1. The Morgan fingerprint density at radius 1 is 1.11 bits per heavy atom. The third-order valence-electron chi connectivity index (χ3n) is 2.59. The van der Waals surface area contributed by atoms with Crippen LogP contribution in [0.2, 0.25) is 0 Å². The van der Waals surface area contributed by atoms with E-state index in [1.165, 1.54) is 6.07 Å². The Kier molecular flexibility index (Phi) is 4.04. The van der Waals surface area contributed by atoms with Crippen LogP contribution < -0.4 is 5.32 Å². The lowest BCUT2D eigenvalue weighted by Gasteiger charge is -2.08. The number of aromatic nitrogens is 2. The molecule has 0 saturated heterocycles. The van der Waals surface area contributed by atoms with Crippen molar-refractivity contribution in [1.29, 1.82) is 0 Å². The molecule has 5 heteroatoms. The summed E-state index contributed by atoms with van der Waals surface area (Å²) in [6, 6.07) is 5.47. The Labute approximate surface area is 110 Å². The molecule has 100 valence electrons. The zero-order valence-corrected chi connectivity index (χ0v) is 10.9. The lowest BCUT2D eigenvalue weighted by atomic mass is 10.2. The largest absolute Gasteiger partial charge is 0.370 e. The van der Waals surface area contributed by atoms with E-state index in [4.69, 9.17) is 0 Å². The fraction of sp³-hybridized carbons (Fsp3) is 0.286. The monoisotopic (exact) mass is 263 g/mol. The molecule has 2 rings (SSSR count). The van der Waals surface area contributed by atoms with Crippen molar-refractivity contribution in [2.45, 2.75) is 20.3 Å². The molecule has 0 amide bonds. The van der Waals surface area contributed by atoms with Gasteiger partial charge in [0.1, 0.15) is 5.82 Å². The van der Waals surface area contributed by atoms with Gasteiger partial charge in [-0.25, -0.2) is 18.7 Å². The number of rotatable bonds is 4. The predicted molar refractivity (Wildman–Crippen MR) is 70.9 cm³/mol. The van der Waals surface area contributed by atoms with E-state index in [-0.39, 0.29) is 0 Å². The van der Waals surface area contributed by atoms with Crippen LogP contribution in [-0.4, -0.2) is 16.5 Å². The molecule has 1 heterocycles. The van der Waals surface area contributed by atoms with Gasteiger partial charge < -0.3 is 5.32 Å². The van der Waals surface area contributed by atoms with Crippen LogP contribution in [0.15, 0.2) is 24.3 Å². The van der Waals surface area contributed by atoms with Gasteiger partial charge in [0.25, 0.3) is 0 Å². The number of hydrogen-bond acceptors (Lipinski definition) is 3. The molecule has 0 aliphatic rings. The fourth-order valence-electron chi connectivity index (χ4n) is 1.68. The van der Waals surface area contributed by atoms with Crippen LogP contribution in [0.3, 0.4) is 0 Å². The van der Waals surface area contributed by atoms with E-state index in [1.807, 2.05) is 13.0 Å². The quantitative estimate of drug-likeness (QED) is 0.916. The van der Waals surface area contributed by atoms with Crippen molar-refractivity contribution < 1.29 is 8.78 Å². The van der Waals surface area contributed by atoms with Gasteiger partial charge in [-0.2, -0.15) is 0 Å². The second-order valence-electron chi connectivity index (χ2n) is 4.27. The molecule has 0 aliphatic carbocycles. The summed E-state index contributed by atoms with van der Waals surface area (Å²) in [5.41, 5.74) is 1.23. The van der Waals surface area contributed by atoms with Crippen molar-refractivity contribution in [2.24, 2.45) is 0 Å². The highest BCUT2D eigenvalue weighted by Gasteiger charge is 2.08. The molecule has 0 saturated carbocycles. The zero-order valence-electron chi connectivity index (χ0n) is 10.9. The molecule has 1 aromatic heterocycles. The van der Waals surface area contributed by atoms with Crippen molar-refractivity contribution in [3.63, 3.8) is 0 Å². The fourth-order valence-corrected chi connectivity index (χ4v) is 1.68. The minimum absolute atomic E-state index is 0.387. The SMILES string of the molecule is CCCNc1cc(C)nc(-c2ccc(F)c(F)c2)n1. The summed E-state index contributed by atoms with van der Waals surface area (Å²) in [5.74, 6) is -0.696. The van der Waals surface area contributed by atoms with E-state index in [0.717, 1.165) is 30.8 Å². The minimum Gasteiger partial charge on any atom is -0.370 e. The minimum atomic E-state index is -0.898. The summed E-state index contributed by atoms with van der Waals surface area (Å²) < 4.78 is 26.1. The maximum Gasteiger partial charge on any atom is 0.161 e. The van der Waals surface area contributed by atoms with Gasteiger partial charge in [-0.1, -0.05) is 6.92 Å². The van der Waals surface area contributed by atoms with Crippen LogP contribution in [-0.2, 0) is 0 Å². The molecule has 2 aromatic rings. The first-order valence-corrected chi connectivity index (χ1v) is 6.15. The maximum absolute atomic E-state index is 13.2. The highest BCUT2D eigenvalue weighted by Crippen LogP contribution is 2.20. The van der Waals surface area contributed by atoms with Crippen molar-refractivity contribution in [1.82, 2.24) is 9.97 Å². The summed E-state index contributed by atoms with van der Waals surface area (Å²) in [4.78, 5) is 8.54. The van der Waals surface area contributed by atoms with Gasteiger partial charge >= 0.3 is 0 Å². The number of benzene rings is 1. The number of aryl methyl sites for hydroxylation is 1. The average molecular weight is 263 g/mol. The van der Waals surface area contributed by atoms with Crippen molar-refractivity contribution in [3.05, 3.63) is 41.6 Å². The second-order valence-corrected chi connectivity index (χ2v) is 4.27. The van der Waals surface area contributed by atoms with E-state index in [0.29, 0.717) is 17.2 Å². The molecule has 0 radical (unpaired) electrons. The molecule has 19 heavy (non-hydrogen) atoms. The van der Waals surface area contributed by atoms with Crippen molar-refractivity contribution in [2.75, 3.05) is 11.9 Å². The molecular weight excluding hydrogens is 248 g/mol. The molecule has 0 aliphatic heterocycles. The summed E-state index contributed by atoms with van der Waals surface area (Å²) in [5, 5.41) is 3.15. The number of nitrogens with zero attached hydrogens (tertiary/aromatic N) is 2. The van der Waals surface area contributed by atoms with Gasteiger partial charge in [-0.15, -0.1) is 0 Å². The smallest absolute Gasteiger partial charge is 0.161 e. The first-order valence-electron chi connectivity index (χ1n) is 6.15. The van der Waals surface area contributed by atoms with Gasteiger partial charge in [0.2, 0.25) is 0 Å². The third kappa shape index (κ3) is 3.24. The van der Waals surface area contributed by atoms with E-state index < -0.39 is 11.6 Å². The Bertz CT molecular complexity index is 585. The van der Waals surface area contributed by atoms with Gasteiger partial charge in [0.05, 0.1) is 0 Å². The molecule has 0 unspecified atom stereocenters. The van der Waals surface area contributed by atoms with Crippen LogP contribution >= 0.6 is 0 Å². The summed E-state index contributed by atoms with van der Waals surface area (Å²) in [7, 11) is 0. The van der Waals surface area contributed by atoms with E-state index in [2.05, 4.69) is 22.2 Å². The van der Waals surface area contributed by atoms with Gasteiger partial charge in [0.15, 0.2) is 17.5 Å². The van der Waals surface area contributed by atoms with Crippen LogP contribution in [0.4, 0.5) is 14.6 Å². The first-order chi connectivity index (χ1) is 9.10. The first kappa shape index (κ1) is 13.4. The Balaban J connectivity index is 2.37. The molecule has 0 atom stereocenters. The summed E-state index contributed by atoms with van der Waals surface area (Å²) in [6.45, 7) is 4.69. The van der Waals surface area contributed by atoms with E-state index in [1.54, 1.807) is 0 Å². The van der Waals surface area contributed by atoms with Gasteiger partial charge in [-0.3, -0.25) is 0 Å². The number of anilines is 1. The average Bonchev–Trinajstić information content (AvgIpc) is 2.39. The molecule has 0 fully saturated rings. The summed E-state index contributed by atoms with van der Waals surface area (Å²) in [6.07, 6.45) is 0.976.